The van der Waals surface area contributed by atoms with Crippen molar-refractivity contribution in [2.24, 2.45) is 0 Å². The van der Waals surface area contributed by atoms with Gasteiger partial charge in [0.25, 0.3) is 0 Å². The fourth-order valence-electron chi connectivity index (χ4n) is 2.70. The molecular formula is C14H24N2O4. The minimum Gasteiger partial charge on any atom is -0.393 e. The molecule has 6 heteroatoms. The molecule has 1 saturated heterocycles. The van der Waals surface area contributed by atoms with E-state index in [2.05, 4.69) is 10.1 Å². The summed E-state index contributed by atoms with van der Waals surface area (Å²) >= 11 is 0. The molecule has 114 valence electrons. The van der Waals surface area contributed by atoms with Gasteiger partial charge in [0.05, 0.1) is 12.0 Å². The molecule has 2 unspecified atom stereocenters. The van der Waals surface area contributed by atoms with Crippen LogP contribution >= 0.6 is 0 Å². The van der Waals surface area contributed by atoms with Gasteiger partial charge in [-0.3, -0.25) is 0 Å². The van der Waals surface area contributed by atoms with Crippen molar-refractivity contribution < 1.29 is 19.1 Å². The zero-order chi connectivity index (χ0) is 14.6. The predicted molar refractivity (Wildman–Crippen MR) is 72.4 cm³/mol. The summed E-state index contributed by atoms with van der Waals surface area (Å²) in [6.07, 6.45) is 1.70. The molecule has 0 aromatic carbocycles. The number of hydrogen-bond acceptors (Lipinski definition) is 6. The van der Waals surface area contributed by atoms with E-state index >= 15 is 0 Å². The van der Waals surface area contributed by atoms with Crippen molar-refractivity contribution in [2.75, 3.05) is 19.8 Å². The monoisotopic (exact) mass is 284 g/mol. The van der Waals surface area contributed by atoms with Crippen LogP contribution in [-0.4, -0.2) is 41.2 Å². The molecule has 1 fully saturated rings. The zero-order valence-electron chi connectivity index (χ0n) is 12.5. The van der Waals surface area contributed by atoms with Gasteiger partial charge in [-0.05, 0) is 20.3 Å². The first-order valence-electron chi connectivity index (χ1n) is 7.36. The third kappa shape index (κ3) is 3.02. The molecule has 6 nitrogen and oxygen atoms in total. The van der Waals surface area contributed by atoms with Crippen molar-refractivity contribution in [3.8, 4) is 0 Å². The Morgan fingerprint density at radius 1 is 1.35 bits per heavy atom. The molecule has 20 heavy (non-hydrogen) atoms. The standard InChI is InChI=1S/C14H24N2O4/c1-4-11(10(3)17)12-15-13(16-20-12)14(19-5-2)6-8-18-9-7-14/h10-11,17H,4-9H2,1-3H3. The maximum absolute atomic E-state index is 9.77. The van der Waals surface area contributed by atoms with Crippen molar-refractivity contribution >= 4 is 0 Å². The van der Waals surface area contributed by atoms with Gasteiger partial charge in [-0.25, -0.2) is 0 Å². The second-order valence-electron chi connectivity index (χ2n) is 5.25. The molecule has 0 amide bonds. The van der Waals surface area contributed by atoms with Crippen molar-refractivity contribution in [1.29, 1.82) is 0 Å². The van der Waals surface area contributed by atoms with E-state index in [1.807, 2.05) is 13.8 Å². The number of rotatable bonds is 6. The van der Waals surface area contributed by atoms with Crippen LogP contribution in [0.2, 0.25) is 0 Å². The van der Waals surface area contributed by atoms with E-state index in [-0.39, 0.29) is 5.92 Å². The van der Waals surface area contributed by atoms with Crippen LogP contribution in [0.25, 0.3) is 0 Å². The fraction of sp³-hybridized carbons (Fsp3) is 0.857. The van der Waals surface area contributed by atoms with Crippen LogP contribution in [0.5, 0.6) is 0 Å². The van der Waals surface area contributed by atoms with Gasteiger partial charge in [0.15, 0.2) is 0 Å². The molecule has 1 aromatic heterocycles. The molecule has 0 bridgehead atoms. The number of aliphatic hydroxyl groups is 1. The van der Waals surface area contributed by atoms with E-state index in [1.54, 1.807) is 6.92 Å². The maximum Gasteiger partial charge on any atom is 0.232 e. The van der Waals surface area contributed by atoms with Gasteiger partial charge in [0.1, 0.15) is 5.60 Å². The Morgan fingerprint density at radius 3 is 2.60 bits per heavy atom. The summed E-state index contributed by atoms with van der Waals surface area (Å²) in [5, 5.41) is 13.9. The van der Waals surface area contributed by atoms with Crippen LogP contribution in [0.1, 0.15) is 57.7 Å². The lowest BCUT2D eigenvalue weighted by atomic mass is 9.93. The lowest BCUT2D eigenvalue weighted by Gasteiger charge is -2.33. The highest BCUT2D eigenvalue weighted by Crippen LogP contribution is 2.35. The quantitative estimate of drug-likeness (QED) is 0.860. The molecule has 1 aliphatic rings. The molecule has 0 saturated carbocycles. The summed E-state index contributed by atoms with van der Waals surface area (Å²) in [6.45, 7) is 7.56. The van der Waals surface area contributed by atoms with Crippen LogP contribution in [0.4, 0.5) is 0 Å². The van der Waals surface area contributed by atoms with E-state index < -0.39 is 11.7 Å². The Labute approximate surface area is 119 Å². The SMILES string of the molecule is CCOC1(c2noc(C(CC)C(C)O)n2)CCOCC1. The molecule has 2 heterocycles. The number of aromatic nitrogens is 2. The first-order chi connectivity index (χ1) is 9.63. The average molecular weight is 284 g/mol. The van der Waals surface area contributed by atoms with Crippen LogP contribution in [0, 0.1) is 0 Å². The van der Waals surface area contributed by atoms with Crippen molar-refractivity contribution in [1.82, 2.24) is 10.1 Å². The summed E-state index contributed by atoms with van der Waals surface area (Å²) < 4.78 is 16.7. The zero-order valence-corrected chi connectivity index (χ0v) is 12.5. The molecule has 2 atom stereocenters. The predicted octanol–water partition coefficient (Wildman–Crippen LogP) is 1.99. The highest BCUT2D eigenvalue weighted by Gasteiger charge is 2.40. The molecular weight excluding hydrogens is 260 g/mol. The molecule has 2 rings (SSSR count). The van der Waals surface area contributed by atoms with Crippen LogP contribution in [-0.2, 0) is 15.1 Å². The first-order valence-corrected chi connectivity index (χ1v) is 7.36. The van der Waals surface area contributed by atoms with Crippen molar-refractivity contribution in [3.63, 3.8) is 0 Å². The van der Waals surface area contributed by atoms with E-state index in [0.717, 1.165) is 19.3 Å². The fourth-order valence-corrected chi connectivity index (χ4v) is 2.70. The molecule has 0 spiro atoms. The summed E-state index contributed by atoms with van der Waals surface area (Å²) in [5.74, 6) is 0.939. The number of ether oxygens (including phenoxy) is 2. The molecule has 0 radical (unpaired) electrons. The van der Waals surface area contributed by atoms with Gasteiger partial charge in [0.2, 0.25) is 11.7 Å². The van der Waals surface area contributed by atoms with Gasteiger partial charge in [-0.2, -0.15) is 4.98 Å². The summed E-state index contributed by atoms with van der Waals surface area (Å²) in [6, 6.07) is 0. The van der Waals surface area contributed by atoms with Crippen LogP contribution < -0.4 is 0 Å². The van der Waals surface area contributed by atoms with E-state index in [0.29, 0.717) is 31.5 Å². The average Bonchev–Trinajstić information content (AvgIpc) is 2.90. The normalized spacial score (nSPS) is 21.6. The Kier molecular flexibility index (Phi) is 5.12. The minimum atomic E-state index is -0.508. The maximum atomic E-state index is 9.77. The van der Waals surface area contributed by atoms with Crippen LogP contribution in [0.15, 0.2) is 4.52 Å². The lowest BCUT2D eigenvalue weighted by Crippen LogP contribution is -2.37. The Morgan fingerprint density at radius 2 is 2.05 bits per heavy atom. The van der Waals surface area contributed by atoms with E-state index in [1.165, 1.54) is 0 Å². The van der Waals surface area contributed by atoms with Gasteiger partial charge in [-0.15, -0.1) is 0 Å². The van der Waals surface area contributed by atoms with Gasteiger partial charge < -0.3 is 19.1 Å². The number of aliphatic hydroxyl groups excluding tert-OH is 1. The summed E-state index contributed by atoms with van der Waals surface area (Å²) in [4.78, 5) is 4.50. The summed E-state index contributed by atoms with van der Waals surface area (Å²) in [5.41, 5.74) is -0.508. The smallest absolute Gasteiger partial charge is 0.232 e. The van der Waals surface area contributed by atoms with Crippen LogP contribution in [0.3, 0.4) is 0 Å². The number of hydrogen-bond donors (Lipinski definition) is 1. The first kappa shape index (κ1) is 15.4. The second-order valence-corrected chi connectivity index (χ2v) is 5.25. The van der Waals surface area contributed by atoms with Gasteiger partial charge in [-0.1, -0.05) is 12.1 Å². The molecule has 1 N–H and O–H groups in total. The third-order valence-electron chi connectivity index (χ3n) is 3.91. The van der Waals surface area contributed by atoms with Gasteiger partial charge >= 0.3 is 0 Å². The van der Waals surface area contributed by atoms with E-state index in [4.69, 9.17) is 14.0 Å². The third-order valence-corrected chi connectivity index (χ3v) is 3.91. The minimum absolute atomic E-state index is 0.130. The highest BCUT2D eigenvalue weighted by molar-refractivity contribution is 5.06. The Balaban J connectivity index is 2.24. The van der Waals surface area contributed by atoms with Crippen molar-refractivity contribution in [3.05, 3.63) is 11.7 Å². The van der Waals surface area contributed by atoms with Crippen molar-refractivity contribution in [2.45, 2.75) is 57.7 Å². The Hall–Kier alpha value is -0.980. The Bertz CT molecular complexity index is 408. The molecule has 0 aliphatic carbocycles. The second kappa shape index (κ2) is 6.65. The summed E-state index contributed by atoms with van der Waals surface area (Å²) in [7, 11) is 0. The number of nitrogens with zero attached hydrogens (tertiary/aromatic N) is 2. The molecule has 1 aromatic rings. The van der Waals surface area contributed by atoms with Gasteiger partial charge in [0, 0.05) is 32.7 Å². The topological polar surface area (TPSA) is 77.6 Å². The largest absolute Gasteiger partial charge is 0.393 e. The van der Waals surface area contributed by atoms with E-state index in [9.17, 15) is 5.11 Å². The lowest BCUT2D eigenvalue weighted by molar-refractivity contribution is -0.118. The molecule has 1 aliphatic heterocycles. The highest BCUT2D eigenvalue weighted by atomic mass is 16.5.